The molecule has 2 aromatic carbocycles. The molecular formula is C27H25ClN4. The van der Waals surface area contributed by atoms with Gasteiger partial charge < -0.3 is 11.5 Å². The van der Waals surface area contributed by atoms with Crippen molar-refractivity contribution in [1.29, 1.82) is 5.26 Å². The van der Waals surface area contributed by atoms with Crippen LogP contribution in [0.15, 0.2) is 88.2 Å². The molecule has 0 aromatic heterocycles. The Balaban J connectivity index is 2.08. The second kappa shape index (κ2) is 9.30. The Morgan fingerprint density at radius 3 is 2.69 bits per heavy atom. The number of aliphatic imine (C=N–C) groups is 1. The molecule has 32 heavy (non-hydrogen) atoms. The number of fused-ring (bicyclic) bond motifs is 1. The molecule has 0 spiro atoms. The molecule has 1 unspecified atom stereocenters. The number of hydrogen-bond acceptors (Lipinski definition) is 4. The lowest BCUT2D eigenvalue weighted by Gasteiger charge is -2.28. The second-order valence-electron chi connectivity index (χ2n) is 7.84. The highest BCUT2D eigenvalue weighted by atomic mass is 35.5. The Hall–Kier alpha value is -3.55. The van der Waals surface area contributed by atoms with Crippen molar-refractivity contribution in [2.45, 2.75) is 32.1 Å². The van der Waals surface area contributed by atoms with E-state index in [1.54, 1.807) is 0 Å². The molecule has 0 fully saturated rings. The molecule has 4 N–H and O–H groups in total. The SMILES string of the molecule is CCCC1=C(C#N)C(c2ccccc2Cl)/C(=C(/N)C2=c3ccccc3=CCC=C2)C(N)=N1. The fourth-order valence-corrected chi connectivity index (χ4v) is 4.61. The zero-order valence-electron chi connectivity index (χ0n) is 18.0. The fraction of sp³-hybridized carbons (Fsp3) is 0.185. The normalized spacial score (nSPS) is 19.5. The summed E-state index contributed by atoms with van der Waals surface area (Å²) in [5.74, 6) is -0.144. The van der Waals surface area contributed by atoms with Crippen LogP contribution in [0.3, 0.4) is 0 Å². The van der Waals surface area contributed by atoms with Gasteiger partial charge in [-0.25, -0.2) is 4.99 Å². The van der Waals surface area contributed by atoms with Gasteiger partial charge in [0.05, 0.1) is 23.3 Å². The number of rotatable bonds is 4. The highest BCUT2D eigenvalue weighted by Crippen LogP contribution is 2.42. The Morgan fingerprint density at radius 2 is 1.94 bits per heavy atom. The van der Waals surface area contributed by atoms with E-state index < -0.39 is 5.92 Å². The molecule has 0 radical (unpaired) electrons. The molecule has 4 rings (SSSR count). The number of hydrogen-bond donors (Lipinski definition) is 2. The molecule has 0 saturated carbocycles. The van der Waals surface area contributed by atoms with E-state index in [2.05, 4.69) is 42.3 Å². The van der Waals surface area contributed by atoms with Crippen LogP contribution >= 0.6 is 11.6 Å². The van der Waals surface area contributed by atoms with Crippen molar-refractivity contribution in [2.24, 2.45) is 16.5 Å². The zero-order valence-corrected chi connectivity index (χ0v) is 18.7. The number of nitrogens with two attached hydrogens (primary N) is 2. The van der Waals surface area contributed by atoms with Crippen molar-refractivity contribution in [3.63, 3.8) is 0 Å². The zero-order chi connectivity index (χ0) is 22.7. The number of halogens is 1. The molecule has 2 aliphatic rings. The van der Waals surface area contributed by atoms with Crippen LogP contribution in [0.5, 0.6) is 0 Å². The first-order chi connectivity index (χ1) is 15.6. The quantitative estimate of drug-likeness (QED) is 0.747. The summed E-state index contributed by atoms with van der Waals surface area (Å²) in [4.78, 5) is 4.63. The highest BCUT2D eigenvalue weighted by Gasteiger charge is 2.34. The standard InChI is InChI=1S/C27H25ClN4/c1-2-9-23-21(16-29)24(20-14-7-8-15-22(20)28)25(27(31)32-23)26(30)19-13-6-4-11-17-10-3-5-12-18(17)19/h3,5-8,10-15,24H,2,4,9,30H2,1H3,(H2,31,32)/b26-25-. The number of allylic oxidation sites excluding steroid dienone is 4. The maximum Gasteiger partial charge on any atom is 0.129 e. The van der Waals surface area contributed by atoms with E-state index >= 15 is 0 Å². The minimum atomic E-state index is -0.479. The first-order valence-corrected chi connectivity index (χ1v) is 11.1. The van der Waals surface area contributed by atoms with Crippen molar-refractivity contribution in [2.75, 3.05) is 0 Å². The van der Waals surface area contributed by atoms with Crippen molar-refractivity contribution in [3.8, 4) is 6.07 Å². The summed E-state index contributed by atoms with van der Waals surface area (Å²) in [6, 6.07) is 18.1. The number of benzene rings is 2. The Labute approximate surface area is 193 Å². The lowest BCUT2D eigenvalue weighted by atomic mass is 9.79. The molecule has 2 aromatic rings. The van der Waals surface area contributed by atoms with Gasteiger partial charge in [0.25, 0.3) is 0 Å². The van der Waals surface area contributed by atoms with Crippen molar-refractivity contribution in [1.82, 2.24) is 0 Å². The fourth-order valence-electron chi connectivity index (χ4n) is 4.37. The van der Waals surface area contributed by atoms with E-state index in [1.807, 2.05) is 42.5 Å². The van der Waals surface area contributed by atoms with Crippen LogP contribution in [0, 0.1) is 11.3 Å². The van der Waals surface area contributed by atoms with E-state index in [9.17, 15) is 5.26 Å². The predicted octanol–water partition coefficient (Wildman–Crippen LogP) is 4.18. The van der Waals surface area contributed by atoms with E-state index in [1.165, 1.54) is 0 Å². The van der Waals surface area contributed by atoms with Crippen LogP contribution in [-0.2, 0) is 0 Å². The Morgan fingerprint density at radius 1 is 1.19 bits per heavy atom. The third kappa shape index (κ3) is 3.88. The molecule has 1 aliphatic heterocycles. The van der Waals surface area contributed by atoms with Crippen molar-refractivity contribution < 1.29 is 0 Å². The van der Waals surface area contributed by atoms with Gasteiger partial charge in [0.15, 0.2) is 0 Å². The smallest absolute Gasteiger partial charge is 0.129 e. The Bertz CT molecular complexity index is 1350. The van der Waals surface area contributed by atoms with Crippen LogP contribution in [0.1, 0.15) is 37.7 Å². The summed E-state index contributed by atoms with van der Waals surface area (Å²) in [6.07, 6.45) is 8.59. The summed E-state index contributed by atoms with van der Waals surface area (Å²) < 4.78 is 0. The van der Waals surface area contributed by atoms with E-state index in [4.69, 9.17) is 23.1 Å². The molecule has 1 atom stereocenters. The van der Waals surface area contributed by atoms with Crippen LogP contribution in [0.25, 0.3) is 11.6 Å². The summed E-state index contributed by atoms with van der Waals surface area (Å²) in [7, 11) is 0. The minimum absolute atomic E-state index is 0.335. The van der Waals surface area contributed by atoms with E-state index in [-0.39, 0.29) is 0 Å². The molecule has 1 aliphatic carbocycles. The number of amidine groups is 1. The van der Waals surface area contributed by atoms with Gasteiger partial charge in [0.1, 0.15) is 5.84 Å². The summed E-state index contributed by atoms with van der Waals surface area (Å²) >= 11 is 6.61. The van der Waals surface area contributed by atoms with Gasteiger partial charge in [-0.05, 0) is 34.9 Å². The summed E-state index contributed by atoms with van der Waals surface area (Å²) in [6.45, 7) is 2.05. The van der Waals surface area contributed by atoms with Crippen LogP contribution < -0.4 is 21.9 Å². The van der Waals surface area contributed by atoms with Crippen LogP contribution in [0.4, 0.5) is 0 Å². The summed E-state index contributed by atoms with van der Waals surface area (Å²) in [5.41, 5.74) is 17.5. The molecule has 0 amide bonds. The third-order valence-electron chi connectivity index (χ3n) is 5.83. The van der Waals surface area contributed by atoms with Gasteiger partial charge in [0, 0.05) is 21.9 Å². The van der Waals surface area contributed by atoms with Gasteiger partial charge >= 0.3 is 0 Å². The first-order valence-electron chi connectivity index (χ1n) is 10.7. The van der Waals surface area contributed by atoms with Gasteiger partial charge in [-0.3, -0.25) is 0 Å². The summed E-state index contributed by atoms with van der Waals surface area (Å²) in [5, 5.41) is 12.9. The van der Waals surface area contributed by atoms with Gasteiger partial charge in [-0.1, -0.05) is 85.6 Å². The Kier molecular flexibility index (Phi) is 6.30. The first kappa shape index (κ1) is 21.7. The minimum Gasteiger partial charge on any atom is -0.398 e. The van der Waals surface area contributed by atoms with Gasteiger partial charge in [-0.2, -0.15) is 5.26 Å². The molecule has 0 bridgehead atoms. The molecular weight excluding hydrogens is 416 g/mol. The van der Waals surface area contributed by atoms with Gasteiger partial charge in [-0.15, -0.1) is 0 Å². The maximum absolute atomic E-state index is 10.2. The van der Waals surface area contributed by atoms with Crippen molar-refractivity contribution in [3.05, 3.63) is 104 Å². The lowest BCUT2D eigenvalue weighted by Crippen LogP contribution is -2.32. The molecule has 4 nitrogen and oxygen atoms in total. The lowest BCUT2D eigenvalue weighted by molar-refractivity contribution is 0.834. The monoisotopic (exact) mass is 440 g/mol. The van der Waals surface area contributed by atoms with E-state index in [0.29, 0.717) is 39.8 Å². The molecule has 160 valence electrons. The topological polar surface area (TPSA) is 88.2 Å². The second-order valence-corrected chi connectivity index (χ2v) is 8.25. The number of nitriles is 1. The largest absolute Gasteiger partial charge is 0.398 e. The average Bonchev–Trinajstić information content (AvgIpc) is 3.01. The van der Waals surface area contributed by atoms with Crippen molar-refractivity contribution >= 4 is 29.1 Å². The molecule has 0 saturated heterocycles. The molecule has 5 heteroatoms. The maximum atomic E-state index is 10.2. The number of nitrogens with zero attached hydrogens (tertiary/aromatic N) is 2. The molecule has 1 heterocycles. The highest BCUT2D eigenvalue weighted by molar-refractivity contribution is 6.31. The van der Waals surface area contributed by atoms with Crippen LogP contribution in [-0.4, -0.2) is 5.84 Å². The van der Waals surface area contributed by atoms with Crippen LogP contribution in [0.2, 0.25) is 5.02 Å². The van der Waals surface area contributed by atoms with E-state index in [0.717, 1.165) is 34.4 Å². The predicted molar refractivity (Wildman–Crippen MR) is 132 cm³/mol. The average molecular weight is 441 g/mol. The van der Waals surface area contributed by atoms with Gasteiger partial charge in [0.2, 0.25) is 0 Å². The third-order valence-corrected chi connectivity index (χ3v) is 6.18.